The zero-order valence-electron chi connectivity index (χ0n) is 18.4. The number of rotatable bonds is 6. The molecule has 176 valence electrons. The van der Waals surface area contributed by atoms with Gasteiger partial charge in [-0.15, -0.1) is 27.8 Å². The third-order valence-corrected chi connectivity index (χ3v) is 6.75. The highest BCUT2D eigenvalue weighted by atomic mass is 32.1. The van der Waals surface area contributed by atoms with Crippen LogP contribution in [0.25, 0.3) is 20.8 Å². The Balaban J connectivity index is 1.92. The van der Waals surface area contributed by atoms with Crippen LogP contribution in [0, 0.1) is 0 Å². The first-order valence-corrected chi connectivity index (χ1v) is 11.8. The van der Waals surface area contributed by atoms with E-state index >= 15 is 0 Å². The van der Waals surface area contributed by atoms with Crippen molar-refractivity contribution in [3.05, 3.63) is 58.3 Å². The van der Waals surface area contributed by atoms with Gasteiger partial charge in [0.1, 0.15) is 15.4 Å². The molecule has 0 spiro atoms. The molecule has 0 fully saturated rings. The minimum atomic E-state index is -4.70. The van der Waals surface area contributed by atoms with Gasteiger partial charge >= 0.3 is 12.1 Å². The van der Waals surface area contributed by atoms with Crippen molar-refractivity contribution in [3.63, 3.8) is 0 Å². The minimum Gasteiger partial charge on any atom is -0.462 e. The van der Waals surface area contributed by atoms with E-state index in [2.05, 4.69) is 15.2 Å². The van der Waals surface area contributed by atoms with Crippen LogP contribution >= 0.6 is 22.7 Å². The molecule has 0 aliphatic carbocycles. The molecule has 4 aromatic rings. The Kier molecular flexibility index (Phi) is 6.67. The van der Waals surface area contributed by atoms with Gasteiger partial charge in [0.2, 0.25) is 0 Å². The molecule has 0 amide bonds. The Morgan fingerprint density at radius 2 is 1.88 bits per heavy atom. The molecule has 1 aromatic carbocycles. The van der Waals surface area contributed by atoms with Gasteiger partial charge in [0.15, 0.2) is 0 Å². The van der Waals surface area contributed by atoms with Crippen molar-refractivity contribution in [2.45, 2.75) is 13.1 Å². The van der Waals surface area contributed by atoms with Crippen LogP contribution in [0.1, 0.15) is 22.2 Å². The molecule has 3 aromatic heterocycles. The van der Waals surface area contributed by atoms with Crippen molar-refractivity contribution < 1.29 is 22.7 Å². The first-order valence-electron chi connectivity index (χ1n) is 10.1. The lowest BCUT2D eigenvalue weighted by Crippen LogP contribution is -2.07. The molecule has 34 heavy (non-hydrogen) atoms. The monoisotopic (exact) mass is 504 g/mol. The van der Waals surface area contributed by atoms with Gasteiger partial charge in [0.05, 0.1) is 33.8 Å². The van der Waals surface area contributed by atoms with Gasteiger partial charge in [-0.1, -0.05) is 6.07 Å². The minimum absolute atomic E-state index is 0.0400. The maximum Gasteiger partial charge on any atom is 0.417 e. The normalized spacial score (nSPS) is 11.9. The van der Waals surface area contributed by atoms with Crippen molar-refractivity contribution in [1.82, 2.24) is 4.98 Å². The lowest BCUT2D eigenvalue weighted by atomic mass is 10.1. The zero-order chi connectivity index (χ0) is 24.5. The van der Waals surface area contributed by atoms with E-state index in [1.807, 2.05) is 31.1 Å². The number of esters is 1. The van der Waals surface area contributed by atoms with Crippen molar-refractivity contribution in [3.8, 4) is 10.6 Å². The number of alkyl halides is 3. The number of benzene rings is 1. The summed E-state index contributed by atoms with van der Waals surface area (Å²) < 4.78 is 47.5. The first kappa shape index (κ1) is 23.8. The zero-order valence-corrected chi connectivity index (χ0v) is 20.0. The number of anilines is 1. The molecule has 3 heterocycles. The third-order valence-electron chi connectivity index (χ3n) is 4.81. The fraction of sp³-hybridized carbons (Fsp3) is 0.217. The summed E-state index contributed by atoms with van der Waals surface area (Å²) in [6.45, 7) is 1.68. The summed E-state index contributed by atoms with van der Waals surface area (Å²) in [4.78, 5) is 19.5. The highest BCUT2D eigenvalue weighted by molar-refractivity contribution is 7.21. The molecule has 0 N–H and O–H groups in total. The number of hydrogen-bond donors (Lipinski definition) is 0. The second-order valence-corrected chi connectivity index (χ2v) is 9.27. The van der Waals surface area contributed by atoms with Gasteiger partial charge in [-0.2, -0.15) is 18.3 Å². The van der Waals surface area contributed by atoms with E-state index in [-0.39, 0.29) is 33.1 Å². The number of carbonyl (C=O) groups excluding carboxylic acids is 1. The van der Waals surface area contributed by atoms with Gasteiger partial charge in [0.25, 0.3) is 0 Å². The van der Waals surface area contributed by atoms with Crippen LogP contribution in [0.15, 0.2) is 58.1 Å². The van der Waals surface area contributed by atoms with Crippen molar-refractivity contribution in [1.29, 1.82) is 0 Å². The number of thiophene rings is 2. The van der Waals surface area contributed by atoms with Gasteiger partial charge in [-0.3, -0.25) is 0 Å². The highest BCUT2D eigenvalue weighted by Gasteiger charge is 2.37. The number of hydrogen-bond acceptors (Lipinski definition) is 8. The Hall–Kier alpha value is -3.31. The topological polar surface area (TPSA) is 67.1 Å². The molecule has 0 saturated heterocycles. The maximum atomic E-state index is 14.1. The molecule has 0 radical (unpaired) electrons. The van der Waals surface area contributed by atoms with Crippen molar-refractivity contribution >= 4 is 55.9 Å². The van der Waals surface area contributed by atoms with Crippen LogP contribution < -0.4 is 4.90 Å². The average Bonchev–Trinajstić information content (AvgIpc) is 3.45. The van der Waals surface area contributed by atoms with Crippen molar-refractivity contribution in [2.75, 3.05) is 25.6 Å². The Labute approximate surface area is 201 Å². The number of halogens is 3. The number of nitrogens with zero attached hydrogens (tertiary/aromatic N) is 4. The Bertz CT molecular complexity index is 1350. The van der Waals surface area contributed by atoms with E-state index in [4.69, 9.17) is 4.74 Å². The molecule has 0 aliphatic rings. The molecule has 11 heteroatoms. The number of pyridine rings is 1. The van der Waals surface area contributed by atoms with E-state index in [0.717, 1.165) is 23.1 Å². The van der Waals surface area contributed by atoms with Crippen molar-refractivity contribution in [2.24, 2.45) is 10.2 Å². The molecular formula is C23H19F3N4O2S2. The lowest BCUT2D eigenvalue weighted by molar-refractivity contribution is -0.136. The number of azo groups is 1. The largest absolute Gasteiger partial charge is 0.462 e. The van der Waals surface area contributed by atoms with E-state index in [1.54, 1.807) is 36.6 Å². The van der Waals surface area contributed by atoms with Crippen LogP contribution in [-0.4, -0.2) is 31.7 Å². The summed E-state index contributed by atoms with van der Waals surface area (Å²) in [5.74, 6) is -0.770. The predicted octanol–water partition coefficient (Wildman–Crippen LogP) is 7.70. The number of fused-ring (bicyclic) bond motifs is 1. The molecule has 0 atom stereocenters. The molecule has 0 saturated carbocycles. The molecular weight excluding hydrogens is 485 g/mol. The first-order chi connectivity index (χ1) is 16.2. The van der Waals surface area contributed by atoms with Gasteiger partial charge in [-0.25, -0.2) is 9.78 Å². The van der Waals surface area contributed by atoms with Crippen LogP contribution in [-0.2, 0) is 10.9 Å². The lowest BCUT2D eigenvalue weighted by Gasteiger charge is -2.11. The van der Waals surface area contributed by atoms with Crippen LogP contribution in [0.3, 0.4) is 0 Å². The van der Waals surface area contributed by atoms with Crippen LogP contribution in [0.4, 0.5) is 30.2 Å². The number of carbonyl (C=O) groups is 1. The summed E-state index contributed by atoms with van der Waals surface area (Å²) in [7, 11) is 3.77. The van der Waals surface area contributed by atoms with Gasteiger partial charge < -0.3 is 9.64 Å². The fourth-order valence-electron chi connectivity index (χ4n) is 3.21. The van der Waals surface area contributed by atoms with E-state index in [9.17, 15) is 18.0 Å². The Morgan fingerprint density at radius 1 is 1.15 bits per heavy atom. The number of ether oxygens (including phenoxy) is 1. The van der Waals surface area contributed by atoms with E-state index < -0.39 is 17.7 Å². The summed E-state index contributed by atoms with van der Waals surface area (Å²) in [6, 6.07) is 11.4. The number of aromatic nitrogens is 1. The summed E-state index contributed by atoms with van der Waals surface area (Å²) in [5.41, 5.74) is 0.403. The molecule has 0 unspecified atom stereocenters. The van der Waals surface area contributed by atoms with E-state index in [1.165, 1.54) is 11.3 Å². The van der Waals surface area contributed by atoms with Gasteiger partial charge in [-0.05, 0) is 48.7 Å². The molecule has 0 aliphatic heterocycles. The summed E-state index contributed by atoms with van der Waals surface area (Å²) in [5, 5.41) is 9.69. The third kappa shape index (κ3) is 4.80. The second-order valence-electron chi connectivity index (χ2n) is 7.32. The molecule has 0 bridgehead atoms. The smallest absolute Gasteiger partial charge is 0.417 e. The van der Waals surface area contributed by atoms with Crippen LogP contribution in [0.5, 0.6) is 0 Å². The average molecular weight is 505 g/mol. The SMILES string of the molecule is CCOC(=O)c1sc2nc(-c3cccs3)cc(C(F)(F)F)c2c1N=Nc1ccc(N(C)C)cc1. The quantitative estimate of drug-likeness (QED) is 0.199. The van der Waals surface area contributed by atoms with Gasteiger partial charge in [0, 0.05) is 19.8 Å². The maximum absolute atomic E-state index is 14.1. The summed E-state index contributed by atoms with van der Waals surface area (Å²) in [6.07, 6.45) is -4.70. The summed E-state index contributed by atoms with van der Waals surface area (Å²) >= 11 is 2.09. The predicted molar refractivity (Wildman–Crippen MR) is 129 cm³/mol. The van der Waals surface area contributed by atoms with E-state index in [0.29, 0.717) is 10.6 Å². The molecule has 4 rings (SSSR count). The standard InChI is InChI=1S/C23H19F3N4O2S2/c1-4-32-22(31)20-19(29-28-13-7-9-14(10-8-13)30(2)3)18-15(23(24,25)26)12-16(27-21(18)34-20)17-6-5-11-33-17/h5-12H,4H2,1-3H3. The highest BCUT2D eigenvalue weighted by Crippen LogP contribution is 2.46. The van der Waals surface area contributed by atoms with Crippen LogP contribution in [0.2, 0.25) is 0 Å². The fourth-order valence-corrected chi connectivity index (χ4v) is 4.93. The second kappa shape index (κ2) is 9.51. The molecule has 6 nitrogen and oxygen atoms in total. The Morgan fingerprint density at radius 3 is 2.47 bits per heavy atom.